The summed E-state index contributed by atoms with van der Waals surface area (Å²) in [5, 5.41) is 19.6. The average Bonchev–Trinajstić information content (AvgIpc) is 3.13. The van der Waals surface area contributed by atoms with Gasteiger partial charge < -0.3 is 10.2 Å². The Morgan fingerprint density at radius 2 is 1.67 bits per heavy atom. The van der Waals surface area contributed by atoms with E-state index >= 15 is 0 Å². The number of amidine groups is 1. The molecule has 33 heavy (non-hydrogen) atoms. The molecule has 2 unspecified atom stereocenters. The zero-order valence-electron chi connectivity index (χ0n) is 20.3. The molecule has 0 saturated carbocycles. The molecule has 0 fully saturated rings. The van der Waals surface area contributed by atoms with Crippen LogP contribution in [0.2, 0.25) is 0 Å². The quantitative estimate of drug-likeness (QED) is 0.104. The van der Waals surface area contributed by atoms with Crippen LogP contribution in [0.5, 0.6) is 0 Å². The molecule has 1 aliphatic heterocycles. The first kappa shape index (κ1) is 29.9. The summed E-state index contributed by atoms with van der Waals surface area (Å²) >= 11 is 0. The van der Waals surface area contributed by atoms with Crippen LogP contribution in [0, 0.1) is 0 Å². The summed E-state index contributed by atoms with van der Waals surface area (Å²) in [5.41, 5.74) is 0. The highest BCUT2D eigenvalue weighted by Gasteiger charge is 2.43. The largest absolute Gasteiger partial charge is 0.390 e. The third-order valence-electron chi connectivity index (χ3n) is 6.16. The first-order valence-corrected chi connectivity index (χ1v) is 14.2. The molecule has 0 radical (unpaired) electrons. The zero-order chi connectivity index (χ0) is 24.6. The van der Waals surface area contributed by atoms with Crippen molar-refractivity contribution in [1.29, 1.82) is 0 Å². The van der Waals surface area contributed by atoms with Crippen LogP contribution in [0.4, 0.5) is 0 Å². The highest BCUT2D eigenvalue weighted by Crippen LogP contribution is 2.19. The van der Waals surface area contributed by atoms with Crippen molar-refractivity contribution in [3.05, 3.63) is 12.2 Å². The number of aliphatic hydroxyl groups is 2. The van der Waals surface area contributed by atoms with Crippen LogP contribution in [0.15, 0.2) is 17.1 Å². The van der Waals surface area contributed by atoms with E-state index in [-0.39, 0.29) is 42.2 Å². The lowest BCUT2D eigenvalue weighted by Gasteiger charge is -2.34. The van der Waals surface area contributed by atoms with Crippen LogP contribution < -0.4 is 0 Å². The molecule has 0 bridgehead atoms. The standard InChI is InChI=1S/C24H44N2O6S/c1-2-3-4-5-6-7-8-9-10-11-12-13-14-15-23(29)24-25-16-17-26(24,18-19-27)20-22(28)21-33(30,31)32/h12-13,22,27-28H,2-11,14-21H2,1H3/p+1/b13-12+. The number of aliphatic hydroxyl groups excluding tert-OH is 2. The highest BCUT2D eigenvalue weighted by atomic mass is 32.2. The number of nitrogens with zero attached hydrogens (tertiary/aromatic N) is 2. The van der Waals surface area contributed by atoms with E-state index in [9.17, 15) is 23.4 Å². The number of quaternary nitrogens is 1. The van der Waals surface area contributed by atoms with Crippen molar-refractivity contribution < 1.29 is 32.5 Å². The van der Waals surface area contributed by atoms with E-state index in [1.54, 1.807) is 0 Å². The number of ketones is 1. The van der Waals surface area contributed by atoms with E-state index in [1.165, 1.54) is 51.4 Å². The highest BCUT2D eigenvalue weighted by molar-refractivity contribution is 7.85. The van der Waals surface area contributed by atoms with Gasteiger partial charge in [0.05, 0.1) is 13.2 Å². The van der Waals surface area contributed by atoms with Crippen molar-refractivity contribution in [3.63, 3.8) is 0 Å². The summed E-state index contributed by atoms with van der Waals surface area (Å²) in [6.45, 7) is 2.90. The van der Waals surface area contributed by atoms with Crippen LogP contribution >= 0.6 is 0 Å². The van der Waals surface area contributed by atoms with E-state index in [4.69, 9.17) is 4.55 Å². The Morgan fingerprint density at radius 3 is 2.27 bits per heavy atom. The SMILES string of the molecule is CCCCCCCCCCC/C=C/CCC(=O)C1=NCC[N+]1(CCO)CC(O)CS(=O)(=O)O. The van der Waals surface area contributed by atoms with E-state index in [1.807, 2.05) is 6.08 Å². The molecule has 1 heterocycles. The van der Waals surface area contributed by atoms with Crippen molar-refractivity contribution in [1.82, 2.24) is 0 Å². The molecule has 1 rings (SSSR count). The molecule has 0 aromatic rings. The van der Waals surface area contributed by atoms with Crippen molar-refractivity contribution in [2.24, 2.45) is 4.99 Å². The number of allylic oxidation sites excluding steroid dienone is 2. The molecule has 0 aliphatic carbocycles. The molecule has 0 saturated heterocycles. The Bertz CT molecular complexity index is 722. The molecule has 0 amide bonds. The maximum atomic E-state index is 12.8. The molecule has 2 atom stereocenters. The van der Waals surface area contributed by atoms with Crippen LogP contribution in [0.25, 0.3) is 0 Å². The molecular weight excluding hydrogens is 444 g/mol. The Hall–Kier alpha value is -1.13. The van der Waals surface area contributed by atoms with Gasteiger partial charge >= 0.3 is 0 Å². The molecule has 3 N–H and O–H groups in total. The second-order valence-corrected chi connectivity index (χ2v) is 10.7. The molecule has 192 valence electrons. The summed E-state index contributed by atoms with van der Waals surface area (Å²) in [7, 11) is -4.34. The Kier molecular flexibility index (Phi) is 14.9. The number of hydrogen-bond acceptors (Lipinski definition) is 6. The van der Waals surface area contributed by atoms with Crippen LogP contribution in [-0.2, 0) is 14.9 Å². The van der Waals surface area contributed by atoms with Gasteiger partial charge in [0, 0.05) is 6.42 Å². The minimum absolute atomic E-state index is 0.0474. The minimum Gasteiger partial charge on any atom is -0.390 e. The lowest BCUT2D eigenvalue weighted by atomic mass is 10.1. The number of carbonyl (C=O) groups excluding carboxylic acids is 1. The van der Waals surface area contributed by atoms with Gasteiger partial charge in [-0.2, -0.15) is 8.42 Å². The van der Waals surface area contributed by atoms with Gasteiger partial charge in [-0.1, -0.05) is 70.4 Å². The molecule has 0 aromatic heterocycles. The maximum absolute atomic E-state index is 12.8. The van der Waals surface area contributed by atoms with Crippen molar-refractivity contribution >= 4 is 21.7 Å². The Balaban J connectivity index is 2.36. The van der Waals surface area contributed by atoms with E-state index in [0.717, 1.165) is 12.8 Å². The number of unbranched alkanes of at least 4 members (excludes halogenated alkanes) is 9. The summed E-state index contributed by atoms with van der Waals surface area (Å²) in [6.07, 6.45) is 16.4. The first-order chi connectivity index (χ1) is 15.7. The topological polar surface area (TPSA) is 124 Å². The van der Waals surface area contributed by atoms with Gasteiger partial charge in [0.1, 0.15) is 31.5 Å². The fraction of sp³-hybridized carbons (Fsp3) is 0.833. The van der Waals surface area contributed by atoms with Gasteiger partial charge in [0.25, 0.3) is 16.0 Å². The number of rotatable bonds is 20. The smallest absolute Gasteiger partial charge is 0.267 e. The Labute approximate surface area is 200 Å². The normalized spacial score (nSPS) is 19.8. The number of Topliss-reactive ketones (excluding diaryl/α,β-unsaturated/α-hetero) is 1. The van der Waals surface area contributed by atoms with Gasteiger partial charge in [-0.3, -0.25) is 13.8 Å². The summed E-state index contributed by atoms with van der Waals surface area (Å²) < 4.78 is 31.1. The summed E-state index contributed by atoms with van der Waals surface area (Å²) in [6, 6.07) is 0. The third-order valence-corrected chi connectivity index (χ3v) is 6.96. The van der Waals surface area contributed by atoms with E-state index in [0.29, 0.717) is 19.5 Å². The fourth-order valence-corrected chi connectivity index (χ4v) is 5.06. The predicted octanol–water partition coefficient (Wildman–Crippen LogP) is 3.28. The first-order valence-electron chi connectivity index (χ1n) is 12.6. The number of hydrogen-bond donors (Lipinski definition) is 3. The van der Waals surface area contributed by atoms with E-state index in [2.05, 4.69) is 18.0 Å². The monoisotopic (exact) mass is 489 g/mol. The number of carbonyl (C=O) groups is 1. The van der Waals surface area contributed by atoms with Crippen LogP contribution in [0.3, 0.4) is 0 Å². The second kappa shape index (κ2) is 16.5. The molecule has 9 heteroatoms. The van der Waals surface area contributed by atoms with Crippen molar-refractivity contribution in [2.75, 3.05) is 38.5 Å². The van der Waals surface area contributed by atoms with Gasteiger partial charge in [-0.25, -0.2) is 4.99 Å². The zero-order valence-corrected chi connectivity index (χ0v) is 21.1. The minimum atomic E-state index is -4.34. The predicted molar refractivity (Wildman–Crippen MR) is 132 cm³/mol. The van der Waals surface area contributed by atoms with Crippen molar-refractivity contribution in [2.45, 2.75) is 90.1 Å². The third kappa shape index (κ3) is 12.8. The van der Waals surface area contributed by atoms with Gasteiger partial charge in [0.2, 0.25) is 5.78 Å². The lowest BCUT2D eigenvalue weighted by Crippen LogP contribution is -2.59. The summed E-state index contributed by atoms with van der Waals surface area (Å²) in [5.74, 6) is -0.667. The Morgan fingerprint density at radius 1 is 1.06 bits per heavy atom. The summed E-state index contributed by atoms with van der Waals surface area (Å²) in [4.78, 5) is 17.1. The molecule has 1 aliphatic rings. The van der Waals surface area contributed by atoms with Crippen LogP contribution in [0.1, 0.15) is 84.0 Å². The second-order valence-electron chi connectivity index (χ2n) is 9.16. The molecule has 0 spiro atoms. The van der Waals surface area contributed by atoms with Gasteiger partial charge in [-0.05, 0) is 19.3 Å². The van der Waals surface area contributed by atoms with Gasteiger partial charge in [0.15, 0.2) is 0 Å². The maximum Gasteiger partial charge on any atom is 0.267 e. The van der Waals surface area contributed by atoms with E-state index < -0.39 is 22.0 Å². The van der Waals surface area contributed by atoms with Gasteiger partial charge in [-0.15, -0.1) is 0 Å². The molecular formula is C24H45N2O6S+. The molecule has 0 aromatic carbocycles. The lowest BCUT2D eigenvalue weighted by molar-refractivity contribution is -0.837. The fourth-order valence-electron chi connectivity index (χ4n) is 4.47. The average molecular weight is 490 g/mol. The van der Waals surface area contributed by atoms with Crippen LogP contribution in [-0.4, -0.2) is 83.9 Å². The number of aliphatic imine (C=N–C) groups is 1. The molecule has 8 nitrogen and oxygen atoms in total. The van der Waals surface area contributed by atoms with Crippen molar-refractivity contribution in [3.8, 4) is 0 Å².